The van der Waals surface area contributed by atoms with Crippen LogP contribution in [0.1, 0.15) is 15.9 Å². The molecule has 0 aliphatic heterocycles. The Morgan fingerprint density at radius 1 is 1.29 bits per heavy atom. The summed E-state index contributed by atoms with van der Waals surface area (Å²) in [5.41, 5.74) is 7.42. The number of benzene rings is 1. The van der Waals surface area contributed by atoms with Gasteiger partial charge in [-0.1, -0.05) is 12.1 Å². The highest BCUT2D eigenvalue weighted by atomic mass is 16.3. The van der Waals surface area contributed by atoms with Crippen LogP contribution in [0.2, 0.25) is 0 Å². The molecule has 0 bridgehead atoms. The number of aliphatic hydroxyl groups excluding tert-OH is 2. The first-order chi connectivity index (χ1) is 8.11. The molecule has 5 nitrogen and oxygen atoms in total. The Hall–Kier alpha value is -1.59. The van der Waals surface area contributed by atoms with E-state index in [1.807, 2.05) is 0 Å². The molecule has 1 amide bonds. The van der Waals surface area contributed by atoms with Crippen molar-refractivity contribution in [1.29, 1.82) is 0 Å². The van der Waals surface area contributed by atoms with Crippen molar-refractivity contribution in [1.82, 2.24) is 4.90 Å². The topological polar surface area (TPSA) is 86.8 Å². The minimum atomic E-state index is -0.260. The molecule has 0 saturated heterocycles. The van der Waals surface area contributed by atoms with E-state index in [0.717, 1.165) is 5.56 Å². The van der Waals surface area contributed by atoms with E-state index in [0.29, 0.717) is 11.3 Å². The van der Waals surface area contributed by atoms with E-state index in [9.17, 15) is 4.79 Å². The lowest BCUT2D eigenvalue weighted by molar-refractivity contribution is 0.0685. The third-order valence-electron chi connectivity index (χ3n) is 2.55. The third kappa shape index (κ3) is 3.18. The van der Waals surface area contributed by atoms with Crippen molar-refractivity contribution in [3.8, 4) is 0 Å². The predicted molar refractivity (Wildman–Crippen MR) is 65.7 cm³/mol. The summed E-state index contributed by atoms with van der Waals surface area (Å²) in [6, 6.07) is 5.25. The lowest BCUT2D eigenvalue weighted by atomic mass is 10.1. The predicted octanol–water partition coefficient (Wildman–Crippen LogP) is 0.00402. The second-order valence-corrected chi connectivity index (χ2v) is 3.78. The maximum absolute atomic E-state index is 12.2. The first kappa shape index (κ1) is 13.5. The molecule has 0 atom stereocenters. The molecule has 0 aliphatic rings. The number of anilines is 1. The van der Waals surface area contributed by atoms with E-state index in [2.05, 4.69) is 0 Å². The van der Waals surface area contributed by atoms with Crippen LogP contribution in [0.5, 0.6) is 0 Å². The fourth-order valence-corrected chi connectivity index (χ4v) is 1.70. The second-order valence-electron chi connectivity index (χ2n) is 3.78. The van der Waals surface area contributed by atoms with Gasteiger partial charge in [0.1, 0.15) is 0 Å². The van der Waals surface area contributed by atoms with Crippen LogP contribution in [-0.2, 0) is 0 Å². The highest BCUT2D eigenvalue weighted by Crippen LogP contribution is 2.18. The van der Waals surface area contributed by atoms with Crippen molar-refractivity contribution in [2.75, 3.05) is 32.0 Å². The monoisotopic (exact) mass is 238 g/mol. The van der Waals surface area contributed by atoms with Crippen molar-refractivity contribution in [2.24, 2.45) is 0 Å². The largest absolute Gasteiger partial charge is 0.398 e. The van der Waals surface area contributed by atoms with E-state index < -0.39 is 0 Å². The highest BCUT2D eigenvalue weighted by molar-refractivity contribution is 6.00. The molecule has 0 unspecified atom stereocenters. The molecular weight excluding hydrogens is 220 g/mol. The zero-order valence-electron chi connectivity index (χ0n) is 9.89. The zero-order valence-corrected chi connectivity index (χ0v) is 9.89. The van der Waals surface area contributed by atoms with Gasteiger partial charge in [0.25, 0.3) is 5.91 Å². The molecule has 5 heteroatoms. The van der Waals surface area contributed by atoms with Gasteiger partial charge >= 0.3 is 0 Å². The molecule has 17 heavy (non-hydrogen) atoms. The van der Waals surface area contributed by atoms with Crippen LogP contribution in [0.3, 0.4) is 0 Å². The number of aliphatic hydroxyl groups is 2. The highest BCUT2D eigenvalue weighted by Gasteiger charge is 2.18. The van der Waals surface area contributed by atoms with Crippen LogP contribution in [0, 0.1) is 6.92 Å². The van der Waals surface area contributed by atoms with Crippen molar-refractivity contribution in [3.63, 3.8) is 0 Å². The smallest absolute Gasteiger partial charge is 0.256 e. The van der Waals surface area contributed by atoms with Crippen LogP contribution in [0.25, 0.3) is 0 Å². The van der Waals surface area contributed by atoms with Crippen molar-refractivity contribution in [2.45, 2.75) is 6.92 Å². The minimum absolute atomic E-state index is 0.141. The lowest BCUT2D eigenvalue weighted by Gasteiger charge is -2.22. The van der Waals surface area contributed by atoms with E-state index in [1.165, 1.54) is 4.90 Å². The fourth-order valence-electron chi connectivity index (χ4n) is 1.70. The third-order valence-corrected chi connectivity index (χ3v) is 2.55. The second kappa shape index (κ2) is 6.22. The summed E-state index contributed by atoms with van der Waals surface area (Å²) in [5, 5.41) is 17.8. The Bertz CT molecular complexity index is 367. The molecule has 1 aromatic rings. The number of hydrogen-bond acceptors (Lipinski definition) is 4. The minimum Gasteiger partial charge on any atom is -0.398 e. The fraction of sp³-hybridized carbons (Fsp3) is 0.417. The van der Waals surface area contributed by atoms with Gasteiger partial charge in [-0.15, -0.1) is 0 Å². The number of hydrogen-bond donors (Lipinski definition) is 3. The number of nitrogen functional groups attached to an aromatic ring is 1. The van der Waals surface area contributed by atoms with Gasteiger partial charge in [0.2, 0.25) is 0 Å². The Morgan fingerprint density at radius 3 is 2.35 bits per heavy atom. The number of carbonyl (C=O) groups excluding carboxylic acids is 1. The molecule has 0 aliphatic carbocycles. The molecule has 1 aromatic carbocycles. The summed E-state index contributed by atoms with van der Waals surface area (Å²) in [5.74, 6) is -0.260. The average Bonchev–Trinajstić information content (AvgIpc) is 2.28. The molecule has 0 radical (unpaired) electrons. The van der Waals surface area contributed by atoms with Crippen molar-refractivity contribution >= 4 is 11.6 Å². The molecule has 4 N–H and O–H groups in total. The molecule has 0 heterocycles. The number of rotatable bonds is 5. The Balaban J connectivity index is 3.00. The number of carbonyl (C=O) groups is 1. The molecule has 94 valence electrons. The van der Waals surface area contributed by atoms with Crippen molar-refractivity contribution < 1.29 is 15.0 Å². The van der Waals surface area contributed by atoms with Gasteiger partial charge in [0.05, 0.1) is 18.8 Å². The van der Waals surface area contributed by atoms with Crippen LogP contribution in [0.15, 0.2) is 18.2 Å². The van der Waals surface area contributed by atoms with Crippen molar-refractivity contribution in [3.05, 3.63) is 29.3 Å². The molecule has 0 fully saturated rings. The maximum atomic E-state index is 12.2. The molecule has 0 spiro atoms. The number of nitrogens with two attached hydrogens (primary N) is 1. The Morgan fingerprint density at radius 2 is 1.88 bits per heavy atom. The molecule has 0 saturated carbocycles. The van der Waals surface area contributed by atoms with E-state index in [-0.39, 0.29) is 32.2 Å². The Kier molecular flexibility index (Phi) is 4.93. The van der Waals surface area contributed by atoms with E-state index in [1.54, 1.807) is 25.1 Å². The SMILES string of the molecule is Cc1cccc(N)c1C(=O)N(CCO)CCO. The van der Waals surface area contributed by atoms with E-state index >= 15 is 0 Å². The number of nitrogens with zero attached hydrogens (tertiary/aromatic N) is 1. The average molecular weight is 238 g/mol. The summed E-state index contributed by atoms with van der Waals surface area (Å²) < 4.78 is 0. The summed E-state index contributed by atoms with van der Waals surface area (Å²) in [6.45, 7) is 1.90. The molecular formula is C12H18N2O3. The first-order valence-electron chi connectivity index (χ1n) is 5.48. The van der Waals surface area contributed by atoms with Gasteiger partial charge in [-0.25, -0.2) is 0 Å². The van der Waals surface area contributed by atoms with Gasteiger partial charge in [0.15, 0.2) is 0 Å². The zero-order chi connectivity index (χ0) is 12.8. The number of amides is 1. The van der Waals surface area contributed by atoms with E-state index in [4.69, 9.17) is 15.9 Å². The Labute approximate surface area is 100 Å². The molecule has 1 rings (SSSR count). The van der Waals surface area contributed by atoms with Gasteiger partial charge < -0.3 is 20.8 Å². The quantitative estimate of drug-likeness (QED) is 0.630. The summed E-state index contributed by atoms with van der Waals surface area (Å²) in [4.78, 5) is 13.6. The van der Waals surface area contributed by atoms with Gasteiger partial charge in [-0.05, 0) is 18.6 Å². The van der Waals surface area contributed by atoms with Gasteiger partial charge in [0, 0.05) is 18.8 Å². The number of aryl methyl sites for hydroxylation is 1. The standard InChI is InChI=1S/C12H18N2O3/c1-9-3-2-4-10(13)11(9)12(17)14(5-7-15)6-8-16/h2-4,15-16H,5-8,13H2,1H3. The van der Waals surface area contributed by atoms with Crippen LogP contribution < -0.4 is 5.73 Å². The normalized spacial score (nSPS) is 10.3. The first-order valence-corrected chi connectivity index (χ1v) is 5.48. The lowest BCUT2D eigenvalue weighted by Crippen LogP contribution is -2.36. The van der Waals surface area contributed by atoms with Crippen LogP contribution in [0.4, 0.5) is 5.69 Å². The summed E-state index contributed by atoms with van der Waals surface area (Å²) in [6.07, 6.45) is 0. The summed E-state index contributed by atoms with van der Waals surface area (Å²) >= 11 is 0. The van der Waals surface area contributed by atoms with Gasteiger partial charge in [-0.3, -0.25) is 4.79 Å². The van der Waals surface area contributed by atoms with Crippen LogP contribution >= 0.6 is 0 Å². The maximum Gasteiger partial charge on any atom is 0.256 e. The summed E-state index contributed by atoms with van der Waals surface area (Å²) in [7, 11) is 0. The molecule has 0 aromatic heterocycles. The van der Waals surface area contributed by atoms with Gasteiger partial charge in [-0.2, -0.15) is 0 Å². The van der Waals surface area contributed by atoms with Crippen LogP contribution in [-0.4, -0.2) is 47.3 Å².